The maximum Gasteiger partial charge on any atom is 0.254 e. The van der Waals surface area contributed by atoms with Gasteiger partial charge in [-0.3, -0.25) is 4.79 Å². The van der Waals surface area contributed by atoms with Crippen molar-refractivity contribution in [1.29, 1.82) is 5.26 Å². The van der Waals surface area contributed by atoms with Gasteiger partial charge in [-0.15, -0.1) is 0 Å². The number of hydrogen-bond donors (Lipinski definition) is 0. The molecule has 0 aromatic heterocycles. The van der Waals surface area contributed by atoms with Crippen molar-refractivity contribution in [2.75, 3.05) is 26.3 Å². The Morgan fingerprint density at radius 1 is 1.23 bits per heavy atom. The number of fused-ring (bicyclic) bond motifs is 1. The molecule has 156 valence electrons. The van der Waals surface area contributed by atoms with Gasteiger partial charge in [-0.25, -0.2) is 0 Å². The SMILES string of the molecule is CC(C#N)c1cccc(C(=O)N2CCOC(COc3ccc4c(c3)CCCC4)C2)c1. The number of nitriles is 1. The zero-order valence-electron chi connectivity index (χ0n) is 17.5. The lowest BCUT2D eigenvalue weighted by atomic mass is 9.92. The van der Waals surface area contributed by atoms with Crippen LogP contribution in [0.1, 0.15) is 52.7 Å². The lowest BCUT2D eigenvalue weighted by molar-refractivity contribution is -0.0401. The monoisotopic (exact) mass is 404 g/mol. The summed E-state index contributed by atoms with van der Waals surface area (Å²) in [6.45, 7) is 3.83. The predicted molar refractivity (Wildman–Crippen MR) is 115 cm³/mol. The summed E-state index contributed by atoms with van der Waals surface area (Å²) in [4.78, 5) is 14.8. The molecular weight excluding hydrogens is 376 g/mol. The van der Waals surface area contributed by atoms with E-state index in [-0.39, 0.29) is 17.9 Å². The van der Waals surface area contributed by atoms with Crippen molar-refractivity contribution < 1.29 is 14.3 Å². The van der Waals surface area contributed by atoms with Crippen LogP contribution in [0.15, 0.2) is 42.5 Å². The number of benzene rings is 2. The Morgan fingerprint density at radius 3 is 2.90 bits per heavy atom. The molecule has 0 bridgehead atoms. The van der Waals surface area contributed by atoms with Crippen LogP contribution in [-0.2, 0) is 17.6 Å². The molecule has 30 heavy (non-hydrogen) atoms. The van der Waals surface area contributed by atoms with E-state index in [4.69, 9.17) is 14.7 Å². The van der Waals surface area contributed by atoms with Crippen LogP contribution >= 0.6 is 0 Å². The lowest BCUT2D eigenvalue weighted by Gasteiger charge is -2.33. The summed E-state index contributed by atoms with van der Waals surface area (Å²) in [7, 11) is 0. The summed E-state index contributed by atoms with van der Waals surface area (Å²) in [5.74, 6) is 0.616. The molecule has 2 aromatic carbocycles. The first-order chi connectivity index (χ1) is 14.6. The van der Waals surface area contributed by atoms with Gasteiger partial charge in [0.1, 0.15) is 18.5 Å². The maximum absolute atomic E-state index is 13.0. The Morgan fingerprint density at radius 2 is 2.07 bits per heavy atom. The summed E-state index contributed by atoms with van der Waals surface area (Å²) < 4.78 is 11.9. The van der Waals surface area contributed by atoms with Crippen LogP contribution in [0.2, 0.25) is 0 Å². The van der Waals surface area contributed by atoms with E-state index in [1.165, 1.54) is 24.0 Å². The van der Waals surface area contributed by atoms with E-state index in [2.05, 4.69) is 18.2 Å². The van der Waals surface area contributed by atoms with E-state index < -0.39 is 0 Å². The summed E-state index contributed by atoms with van der Waals surface area (Å²) in [5.41, 5.74) is 4.31. The summed E-state index contributed by atoms with van der Waals surface area (Å²) in [5, 5.41) is 9.14. The van der Waals surface area contributed by atoms with Crippen molar-refractivity contribution in [3.05, 3.63) is 64.7 Å². The highest BCUT2D eigenvalue weighted by molar-refractivity contribution is 5.94. The van der Waals surface area contributed by atoms with Gasteiger partial charge in [0.15, 0.2) is 0 Å². The fourth-order valence-corrected chi connectivity index (χ4v) is 4.19. The molecule has 0 saturated carbocycles. The second-order valence-electron chi connectivity index (χ2n) is 8.17. The fourth-order valence-electron chi connectivity index (χ4n) is 4.19. The zero-order chi connectivity index (χ0) is 20.9. The molecule has 0 N–H and O–H groups in total. The van der Waals surface area contributed by atoms with Gasteiger partial charge in [-0.1, -0.05) is 18.2 Å². The zero-order valence-corrected chi connectivity index (χ0v) is 17.5. The van der Waals surface area contributed by atoms with Crippen molar-refractivity contribution in [3.63, 3.8) is 0 Å². The first-order valence-electron chi connectivity index (χ1n) is 10.8. The van der Waals surface area contributed by atoms with Crippen LogP contribution < -0.4 is 4.74 Å². The molecular formula is C25H28N2O3. The third kappa shape index (κ3) is 4.66. The number of morpholine rings is 1. The Hall–Kier alpha value is -2.84. The lowest BCUT2D eigenvalue weighted by Crippen LogP contribution is -2.47. The van der Waals surface area contributed by atoms with Crippen molar-refractivity contribution in [1.82, 2.24) is 4.90 Å². The maximum atomic E-state index is 13.0. The highest BCUT2D eigenvalue weighted by Gasteiger charge is 2.26. The van der Waals surface area contributed by atoms with E-state index >= 15 is 0 Å². The Labute approximate surface area is 178 Å². The number of ether oxygens (including phenoxy) is 2. The average Bonchev–Trinajstić information content (AvgIpc) is 2.82. The van der Waals surface area contributed by atoms with E-state index in [9.17, 15) is 4.79 Å². The van der Waals surface area contributed by atoms with Gasteiger partial charge in [0, 0.05) is 12.1 Å². The second-order valence-corrected chi connectivity index (χ2v) is 8.17. The molecule has 2 aliphatic rings. The number of carbonyl (C=O) groups excluding carboxylic acids is 1. The second kappa shape index (κ2) is 9.32. The molecule has 5 heteroatoms. The number of amides is 1. The Bertz CT molecular complexity index is 950. The van der Waals surface area contributed by atoms with Crippen molar-refractivity contribution >= 4 is 5.91 Å². The molecule has 1 saturated heterocycles. The summed E-state index contributed by atoms with van der Waals surface area (Å²) in [6, 6.07) is 16.0. The van der Waals surface area contributed by atoms with Crippen molar-refractivity contribution in [3.8, 4) is 11.8 Å². The first kappa shape index (κ1) is 20.4. The van der Waals surface area contributed by atoms with E-state index in [1.807, 2.05) is 42.2 Å². The largest absolute Gasteiger partial charge is 0.491 e. The van der Waals surface area contributed by atoms with E-state index in [0.29, 0.717) is 31.9 Å². The van der Waals surface area contributed by atoms with Crippen LogP contribution in [0.4, 0.5) is 0 Å². The topological polar surface area (TPSA) is 62.6 Å². The molecule has 1 amide bonds. The standard InChI is InChI=1S/C25H28N2O3/c1-18(15-26)20-7-4-8-22(13-20)25(28)27-11-12-29-24(16-27)17-30-23-10-9-19-5-2-3-6-21(19)14-23/h4,7-10,13-14,18,24H,2-3,5-6,11-12,16-17H2,1H3. The molecule has 0 radical (unpaired) electrons. The van der Waals surface area contributed by atoms with Crippen LogP contribution in [0.25, 0.3) is 0 Å². The van der Waals surface area contributed by atoms with Gasteiger partial charge in [-0.05, 0) is 73.6 Å². The molecule has 4 rings (SSSR count). The van der Waals surface area contributed by atoms with E-state index in [1.54, 1.807) is 0 Å². The molecule has 2 atom stereocenters. The minimum absolute atomic E-state index is 0.0240. The molecule has 0 spiro atoms. The highest BCUT2D eigenvalue weighted by Crippen LogP contribution is 2.26. The minimum atomic E-state index is -0.236. The normalized spacial score (nSPS) is 19.5. The molecule has 1 heterocycles. The Balaban J connectivity index is 1.36. The average molecular weight is 405 g/mol. The molecule has 1 fully saturated rings. The molecule has 2 unspecified atom stereocenters. The number of hydrogen-bond acceptors (Lipinski definition) is 4. The third-order valence-corrected chi connectivity index (χ3v) is 6.01. The van der Waals surface area contributed by atoms with Gasteiger partial charge in [0.25, 0.3) is 5.91 Å². The Kier molecular flexibility index (Phi) is 6.35. The van der Waals surface area contributed by atoms with Gasteiger partial charge >= 0.3 is 0 Å². The molecule has 1 aliphatic carbocycles. The fraction of sp³-hybridized carbons (Fsp3) is 0.440. The van der Waals surface area contributed by atoms with Gasteiger partial charge < -0.3 is 14.4 Å². The highest BCUT2D eigenvalue weighted by atomic mass is 16.5. The van der Waals surface area contributed by atoms with E-state index in [0.717, 1.165) is 24.2 Å². The summed E-state index contributed by atoms with van der Waals surface area (Å²) >= 11 is 0. The minimum Gasteiger partial charge on any atom is -0.491 e. The van der Waals surface area contributed by atoms with Crippen molar-refractivity contribution in [2.45, 2.75) is 44.6 Å². The number of rotatable bonds is 5. The van der Waals surface area contributed by atoms with Gasteiger partial charge in [-0.2, -0.15) is 5.26 Å². The molecule has 1 aliphatic heterocycles. The van der Waals surface area contributed by atoms with Crippen LogP contribution in [0.5, 0.6) is 5.75 Å². The molecule has 5 nitrogen and oxygen atoms in total. The van der Waals surface area contributed by atoms with Crippen LogP contribution in [-0.4, -0.2) is 43.2 Å². The number of carbonyl (C=O) groups is 1. The van der Waals surface area contributed by atoms with Crippen LogP contribution in [0.3, 0.4) is 0 Å². The van der Waals surface area contributed by atoms with Gasteiger partial charge in [0.05, 0.1) is 25.1 Å². The van der Waals surface area contributed by atoms with Crippen LogP contribution in [0, 0.1) is 11.3 Å². The quantitative estimate of drug-likeness (QED) is 0.752. The number of nitrogens with zero attached hydrogens (tertiary/aromatic N) is 2. The van der Waals surface area contributed by atoms with Crippen molar-refractivity contribution in [2.24, 2.45) is 0 Å². The first-order valence-corrected chi connectivity index (χ1v) is 10.8. The smallest absolute Gasteiger partial charge is 0.254 e. The number of aryl methyl sites for hydroxylation is 2. The third-order valence-electron chi connectivity index (χ3n) is 6.01. The predicted octanol–water partition coefficient (Wildman–Crippen LogP) is 4.11. The molecule has 2 aromatic rings. The van der Waals surface area contributed by atoms with Gasteiger partial charge in [0.2, 0.25) is 0 Å². The summed E-state index contributed by atoms with van der Waals surface area (Å²) in [6.07, 6.45) is 4.64.